The fourth-order valence-electron chi connectivity index (χ4n) is 2.41. The monoisotopic (exact) mass is 194 g/mol. The molecule has 0 aliphatic heterocycles. The molecule has 0 amide bonds. The Hall–Kier alpha value is -1.63. The van der Waals surface area contributed by atoms with Crippen molar-refractivity contribution in [2.45, 2.75) is 18.8 Å². The summed E-state index contributed by atoms with van der Waals surface area (Å²) < 4.78 is 0. The van der Waals surface area contributed by atoms with Gasteiger partial charge in [-0.25, -0.2) is 0 Å². The van der Waals surface area contributed by atoms with E-state index in [-0.39, 0.29) is 0 Å². The number of fused-ring (bicyclic) bond motifs is 1. The predicted octanol–water partition coefficient (Wildman–Crippen LogP) is 2.96. The Bertz CT molecular complexity index is 462. The maximum Gasteiger partial charge on any atom is 0.0927 e. The van der Waals surface area contributed by atoms with Crippen molar-refractivity contribution < 1.29 is 0 Å². The molecule has 3 rings (SSSR count). The molecule has 1 unspecified atom stereocenters. The van der Waals surface area contributed by atoms with Crippen molar-refractivity contribution in [1.29, 1.82) is 0 Å². The Labute approximate surface area is 89.8 Å². The summed E-state index contributed by atoms with van der Waals surface area (Å²) in [5.41, 5.74) is 4.17. The van der Waals surface area contributed by atoms with Crippen LogP contribution in [0.3, 0.4) is 0 Å². The van der Waals surface area contributed by atoms with Crippen LogP contribution in [0.25, 0.3) is 0 Å². The van der Waals surface area contributed by atoms with E-state index in [0.717, 1.165) is 0 Å². The van der Waals surface area contributed by atoms with Crippen LogP contribution < -0.4 is 0 Å². The van der Waals surface area contributed by atoms with Gasteiger partial charge in [0.15, 0.2) is 0 Å². The van der Waals surface area contributed by atoms with Crippen LogP contribution in [0.2, 0.25) is 0 Å². The van der Waals surface area contributed by atoms with Gasteiger partial charge in [0.2, 0.25) is 0 Å². The van der Waals surface area contributed by atoms with Crippen molar-refractivity contribution in [3.05, 3.63) is 65.5 Å². The second-order valence-corrected chi connectivity index (χ2v) is 3.99. The molecule has 1 radical (unpaired) electrons. The summed E-state index contributed by atoms with van der Waals surface area (Å²) >= 11 is 0. The lowest BCUT2D eigenvalue weighted by atomic mass is 9.94. The zero-order valence-corrected chi connectivity index (χ0v) is 8.48. The number of aromatic nitrogens is 1. The highest BCUT2D eigenvalue weighted by molar-refractivity contribution is 5.40. The fourth-order valence-corrected chi connectivity index (χ4v) is 2.41. The van der Waals surface area contributed by atoms with E-state index in [2.05, 4.69) is 41.5 Å². The van der Waals surface area contributed by atoms with E-state index in [0.29, 0.717) is 5.92 Å². The van der Waals surface area contributed by atoms with Crippen LogP contribution in [-0.2, 0) is 6.42 Å². The minimum absolute atomic E-state index is 0.509. The molecule has 0 fully saturated rings. The first-order valence-corrected chi connectivity index (χ1v) is 5.35. The van der Waals surface area contributed by atoms with E-state index < -0.39 is 0 Å². The lowest BCUT2D eigenvalue weighted by Gasteiger charge is -2.10. The van der Waals surface area contributed by atoms with Crippen LogP contribution in [0, 0.1) is 6.20 Å². The first-order chi connectivity index (χ1) is 7.45. The van der Waals surface area contributed by atoms with Gasteiger partial charge in [-0.3, -0.25) is 4.98 Å². The van der Waals surface area contributed by atoms with Crippen LogP contribution in [0.4, 0.5) is 0 Å². The van der Waals surface area contributed by atoms with Gasteiger partial charge in [0, 0.05) is 12.1 Å². The van der Waals surface area contributed by atoms with E-state index in [1.165, 1.54) is 29.5 Å². The highest BCUT2D eigenvalue weighted by Crippen LogP contribution is 2.37. The number of aryl methyl sites for hydroxylation is 1. The summed E-state index contributed by atoms with van der Waals surface area (Å²) in [4.78, 5) is 4.08. The molecular formula is C14H12N. The van der Waals surface area contributed by atoms with Crippen LogP contribution in [0.1, 0.15) is 29.0 Å². The predicted molar refractivity (Wildman–Crippen MR) is 59.7 cm³/mol. The zero-order valence-electron chi connectivity index (χ0n) is 8.48. The highest BCUT2D eigenvalue weighted by Gasteiger charge is 2.23. The number of hydrogen-bond donors (Lipinski definition) is 0. The van der Waals surface area contributed by atoms with Crippen molar-refractivity contribution in [1.82, 2.24) is 4.98 Å². The third-order valence-electron chi connectivity index (χ3n) is 3.14. The van der Waals surface area contributed by atoms with Crippen molar-refractivity contribution in [3.63, 3.8) is 0 Å². The molecule has 1 aromatic heterocycles. The Kier molecular flexibility index (Phi) is 2.02. The third-order valence-corrected chi connectivity index (χ3v) is 3.14. The van der Waals surface area contributed by atoms with Gasteiger partial charge in [-0.15, -0.1) is 0 Å². The lowest BCUT2D eigenvalue weighted by molar-refractivity contribution is 0.782. The maximum atomic E-state index is 4.08. The Morgan fingerprint density at radius 1 is 1.13 bits per heavy atom. The molecule has 1 aliphatic carbocycles. The van der Waals surface area contributed by atoms with Crippen molar-refractivity contribution >= 4 is 0 Å². The number of benzene rings is 1. The number of rotatable bonds is 1. The summed E-state index contributed by atoms with van der Waals surface area (Å²) in [6.45, 7) is 0. The number of nitrogens with zero attached hydrogens (tertiary/aromatic N) is 1. The largest absolute Gasteiger partial charge is 0.254 e. The number of hydrogen-bond acceptors (Lipinski definition) is 1. The van der Waals surface area contributed by atoms with Gasteiger partial charge in [-0.05, 0) is 35.6 Å². The van der Waals surface area contributed by atoms with Crippen molar-refractivity contribution in [2.24, 2.45) is 0 Å². The molecule has 0 saturated carbocycles. The van der Waals surface area contributed by atoms with Crippen molar-refractivity contribution in [3.8, 4) is 0 Å². The SMILES string of the molecule is [c]1ncccc1C1CCc2ccccc21. The molecule has 0 N–H and O–H groups in total. The summed E-state index contributed by atoms with van der Waals surface area (Å²) in [5.74, 6) is 0.509. The highest BCUT2D eigenvalue weighted by atomic mass is 14.6. The van der Waals surface area contributed by atoms with Crippen molar-refractivity contribution in [2.75, 3.05) is 0 Å². The standard InChI is InChI=1S/C14H12N/c1-2-6-13-11(4-1)7-8-14(13)12-5-3-9-15-10-12/h1-6,9,14H,7-8H2. The van der Waals surface area contributed by atoms with Crippen LogP contribution in [0.15, 0.2) is 42.6 Å². The number of pyridine rings is 1. The van der Waals surface area contributed by atoms with Gasteiger partial charge in [0.1, 0.15) is 0 Å². The first kappa shape index (κ1) is 8.66. The van der Waals surface area contributed by atoms with Gasteiger partial charge < -0.3 is 0 Å². The summed E-state index contributed by atoms with van der Waals surface area (Å²) in [5, 5.41) is 0. The van der Waals surface area contributed by atoms with E-state index >= 15 is 0 Å². The summed E-state index contributed by atoms with van der Waals surface area (Å²) in [7, 11) is 0. The molecule has 1 aromatic carbocycles. The Morgan fingerprint density at radius 3 is 2.93 bits per heavy atom. The second kappa shape index (κ2) is 3.50. The second-order valence-electron chi connectivity index (χ2n) is 3.99. The molecule has 1 heterocycles. The van der Waals surface area contributed by atoms with E-state index in [1.807, 2.05) is 6.07 Å². The van der Waals surface area contributed by atoms with E-state index in [4.69, 9.17) is 0 Å². The van der Waals surface area contributed by atoms with Gasteiger partial charge in [-0.2, -0.15) is 0 Å². The molecule has 15 heavy (non-hydrogen) atoms. The van der Waals surface area contributed by atoms with Crippen LogP contribution in [-0.4, -0.2) is 4.98 Å². The summed E-state index contributed by atoms with van der Waals surface area (Å²) in [6.07, 6.45) is 7.26. The van der Waals surface area contributed by atoms with Gasteiger partial charge >= 0.3 is 0 Å². The molecule has 1 nitrogen and oxygen atoms in total. The Morgan fingerprint density at radius 2 is 2.07 bits per heavy atom. The molecule has 1 aliphatic rings. The fraction of sp³-hybridized carbons (Fsp3) is 0.214. The molecule has 73 valence electrons. The topological polar surface area (TPSA) is 12.9 Å². The van der Waals surface area contributed by atoms with Gasteiger partial charge in [0.05, 0.1) is 6.20 Å². The van der Waals surface area contributed by atoms with Gasteiger partial charge in [-0.1, -0.05) is 30.3 Å². The maximum absolute atomic E-state index is 4.08. The van der Waals surface area contributed by atoms with Crippen LogP contribution >= 0.6 is 0 Å². The van der Waals surface area contributed by atoms with Gasteiger partial charge in [0.25, 0.3) is 0 Å². The minimum atomic E-state index is 0.509. The molecule has 0 bridgehead atoms. The van der Waals surface area contributed by atoms with E-state index in [1.54, 1.807) is 6.20 Å². The zero-order chi connectivity index (χ0) is 10.1. The smallest absolute Gasteiger partial charge is 0.0927 e. The average molecular weight is 194 g/mol. The Balaban J connectivity index is 2.05. The minimum Gasteiger partial charge on any atom is -0.254 e. The van der Waals surface area contributed by atoms with Crippen LogP contribution in [0.5, 0.6) is 0 Å². The quantitative estimate of drug-likeness (QED) is 0.680. The normalized spacial score (nSPS) is 18.8. The third kappa shape index (κ3) is 1.44. The molecule has 1 heteroatoms. The molecular weight excluding hydrogens is 182 g/mol. The molecule has 1 atom stereocenters. The molecule has 0 saturated heterocycles. The lowest BCUT2D eigenvalue weighted by Crippen LogP contribution is -1.96. The first-order valence-electron chi connectivity index (χ1n) is 5.35. The molecule has 2 aromatic rings. The molecule has 0 spiro atoms. The summed E-state index contributed by atoms with van der Waals surface area (Å²) in [6, 6.07) is 12.8. The van der Waals surface area contributed by atoms with E-state index in [9.17, 15) is 0 Å². The average Bonchev–Trinajstić information content (AvgIpc) is 2.74.